The zero-order chi connectivity index (χ0) is 11.1. The molecule has 0 spiro atoms. The Bertz CT molecular complexity index is 325. The molecule has 5 nitrogen and oxygen atoms in total. The minimum atomic E-state index is -1.11. The number of carboxylic acid groups (broad SMARTS) is 1. The number of hydrogen-bond donors (Lipinski definition) is 1. The van der Waals surface area contributed by atoms with Crippen molar-refractivity contribution < 1.29 is 19.4 Å². The topological polar surface area (TPSA) is 76.5 Å². The van der Waals surface area contributed by atoms with E-state index in [9.17, 15) is 9.59 Å². The van der Waals surface area contributed by atoms with Crippen molar-refractivity contribution in [3.8, 4) is 0 Å². The van der Waals surface area contributed by atoms with Gasteiger partial charge in [0.05, 0.1) is 0 Å². The van der Waals surface area contributed by atoms with E-state index in [1.165, 1.54) is 18.2 Å². The first kappa shape index (κ1) is 11.8. The molecule has 82 valence electrons. The van der Waals surface area contributed by atoms with Crippen LogP contribution in [-0.2, 0) is 4.74 Å². The van der Waals surface area contributed by atoms with Gasteiger partial charge < -0.3 is 9.84 Å². The molecule has 1 saturated heterocycles. The van der Waals surface area contributed by atoms with Crippen LogP contribution in [-0.4, -0.2) is 35.6 Å². The lowest BCUT2D eigenvalue weighted by Crippen LogP contribution is -1.95. The molecule has 1 aromatic rings. The van der Waals surface area contributed by atoms with Gasteiger partial charge in [-0.05, 0) is 12.8 Å². The first-order valence-electron chi connectivity index (χ1n) is 4.46. The Morgan fingerprint density at radius 2 is 2.20 bits per heavy atom. The van der Waals surface area contributed by atoms with Crippen molar-refractivity contribution in [3.05, 3.63) is 16.1 Å². The molecule has 0 amide bonds. The van der Waals surface area contributed by atoms with Crippen LogP contribution < -0.4 is 0 Å². The summed E-state index contributed by atoms with van der Waals surface area (Å²) in [4.78, 5) is 23.6. The van der Waals surface area contributed by atoms with Crippen molar-refractivity contribution in [2.75, 3.05) is 13.2 Å². The molecule has 1 aliphatic heterocycles. The van der Waals surface area contributed by atoms with Gasteiger partial charge in [-0.2, -0.15) is 0 Å². The first-order chi connectivity index (χ1) is 7.24. The van der Waals surface area contributed by atoms with Gasteiger partial charge in [0.15, 0.2) is 17.0 Å². The van der Waals surface area contributed by atoms with Gasteiger partial charge in [-0.25, -0.2) is 9.78 Å². The Morgan fingerprint density at radius 1 is 1.53 bits per heavy atom. The SMILES string of the molecule is C1CCOC1.O=Cc1nc(C(=O)O)cs1. The predicted molar refractivity (Wildman–Crippen MR) is 54.5 cm³/mol. The van der Waals surface area contributed by atoms with Gasteiger partial charge >= 0.3 is 5.97 Å². The van der Waals surface area contributed by atoms with E-state index in [1.807, 2.05) is 0 Å². The fourth-order valence-electron chi connectivity index (χ4n) is 0.950. The molecule has 1 aliphatic rings. The van der Waals surface area contributed by atoms with E-state index in [2.05, 4.69) is 4.98 Å². The lowest BCUT2D eigenvalue weighted by Gasteiger charge is -1.79. The van der Waals surface area contributed by atoms with E-state index >= 15 is 0 Å². The van der Waals surface area contributed by atoms with Gasteiger partial charge in [-0.3, -0.25) is 4.79 Å². The van der Waals surface area contributed by atoms with Gasteiger partial charge in [0.1, 0.15) is 0 Å². The van der Waals surface area contributed by atoms with Crippen molar-refractivity contribution >= 4 is 23.6 Å². The van der Waals surface area contributed by atoms with Gasteiger partial charge in [-0.1, -0.05) is 0 Å². The Labute approximate surface area is 90.7 Å². The molecular formula is C9H11NO4S. The van der Waals surface area contributed by atoms with Crippen LogP contribution in [0.3, 0.4) is 0 Å². The van der Waals surface area contributed by atoms with E-state index in [1.54, 1.807) is 0 Å². The number of nitrogens with zero attached hydrogens (tertiary/aromatic N) is 1. The fourth-order valence-corrected chi connectivity index (χ4v) is 1.54. The molecule has 1 N–H and O–H groups in total. The largest absolute Gasteiger partial charge is 0.476 e. The van der Waals surface area contributed by atoms with Crippen molar-refractivity contribution in [2.24, 2.45) is 0 Å². The number of carbonyl (C=O) groups excluding carboxylic acids is 1. The number of ether oxygens (including phenoxy) is 1. The lowest BCUT2D eigenvalue weighted by atomic mass is 10.4. The summed E-state index contributed by atoms with van der Waals surface area (Å²) in [6.07, 6.45) is 3.08. The Morgan fingerprint density at radius 3 is 2.47 bits per heavy atom. The summed E-state index contributed by atoms with van der Waals surface area (Å²) < 4.78 is 4.94. The lowest BCUT2D eigenvalue weighted by molar-refractivity contribution is 0.0691. The van der Waals surface area contributed by atoms with Crippen LogP contribution in [0.4, 0.5) is 0 Å². The monoisotopic (exact) mass is 229 g/mol. The molecule has 0 atom stereocenters. The molecule has 0 aliphatic carbocycles. The van der Waals surface area contributed by atoms with Crippen molar-refractivity contribution in [1.82, 2.24) is 4.98 Å². The number of aromatic carboxylic acids is 1. The zero-order valence-corrected chi connectivity index (χ0v) is 8.83. The number of carbonyl (C=O) groups is 2. The summed E-state index contributed by atoms with van der Waals surface area (Å²) in [5.74, 6) is -1.11. The third-order valence-electron chi connectivity index (χ3n) is 1.67. The zero-order valence-electron chi connectivity index (χ0n) is 8.01. The minimum absolute atomic E-state index is 0.0768. The Balaban J connectivity index is 0.000000187. The van der Waals surface area contributed by atoms with Crippen LogP contribution in [0, 0.1) is 0 Å². The molecular weight excluding hydrogens is 218 g/mol. The van der Waals surface area contributed by atoms with Crippen molar-refractivity contribution in [1.29, 1.82) is 0 Å². The summed E-state index contributed by atoms with van der Waals surface area (Å²) in [6.45, 7) is 2.00. The minimum Gasteiger partial charge on any atom is -0.476 e. The molecule has 1 fully saturated rings. The molecule has 0 bridgehead atoms. The Hall–Kier alpha value is -1.27. The summed E-state index contributed by atoms with van der Waals surface area (Å²) in [7, 11) is 0. The average molecular weight is 229 g/mol. The second kappa shape index (κ2) is 6.26. The smallest absolute Gasteiger partial charge is 0.355 e. The molecule has 6 heteroatoms. The molecule has 0 radical (unpaired) electrons. The van der Waals surface area contributed by atoms with E-state index in [4.69, 9.17) is 9.84 Å². The highest BCUT2D eigenvalue weighted by Crippen LogP contribution is 2.06. The normalized spacial score (nSPS) is 14.1. The van der Waals surface area contributed by atoms with Gasteiger partial charge in [0.2, 0.25) is 0 Å². The van der Waals surface area contributed by atoms with Crippen LogP contribution >= 0.6 is 11.3 Å². The van der Waals surface area contributed by atoms with Crippen LogP contribution in [0.15, 0.2) is 5.38 Å². The highest BCUT2D eigenvalue weighted by atomic mass is 32.1. The van der Waals surface area contributed by atoms with Crippen molar-refractivity contribution in [2.45, 2.75) is 12.8 Å². The molecule has 0 saturated carbocycles. The molecule has 0 aromatic carbocycles. The number of aldehydes is 1. The van der Waals surface area contributed by atoms with Crippen LogP contribution in [0.2, 0.25) is 0 Å². The van der Waals surface area contributed by atoms with Crippen molar-refractivity contribution in [3.63, 3.8) is 0 Å². The molecule has 0 unspecified atom stereocenters. The maximum Gasteiger partial charge on any atom is 0.355 e. The molecule has 2 rings (SSSR count). The number of aromatic nitrogens is 1. The number of carboxylic acids is 1. The van der Waals surface area contributed by atoms with Gasteiger partial charge in [-0.15, -0.1) is 11.3 Å². The average Bonchev–Trinajstić information content (AvgIpc) is 2.92. The van der Waals surface area contributed by atoms with Crippen LogP contribution in [0.5, 0.6) is 0 Å². The standard InChI is InChI=1S/C5H3NO3S.C4H8O/c7-1-4-6-3(2-10-4)5(8)9;1-2-4-5-3-1/h1-2H,(H,8,9);1-4H2. The second-order valence-electron chi connectivity index (χ2n) is 2.81. The van der Waals surface area contributed by atoms with Crippen LogP contribution in [0.1, 0.15) is 33.1 Å². The summed E-state index contributed by atoms with van der Waals surface area (Å²) >= 11 is 1.02. The number of thiazole rings is 1. The Kier molecular flexibility index (Phi) is 4.92. The highest BCUT2D eigenvalue weighted by Gasteiger charge is 2.06. The summed E-state index contributed by atoms with van der Waals surface area (Å²) in [5.41, 5.74) is -0.0768. The van der Waals surface area contributed by atoms with Crippen LogP contribution in [0.25, 0.3) is 0 Å². The maximum absolute atomic E-state index is 10.2. The van der Waals surface area contributed by atoms with E-state index in [0.29, 0.717) is 6.29 Å². The molecule has 2 heterocycles. The summed E-state index contributed by atoms with van der Waals surface area (Å²) in [5, 5.41) is 9.84. The third kappa shape index (κ3) is 4.18. The number of hydrogen-bond acceptors (Lipinski definition) is 5. The first-order valence-corrected chi connectivity index (χ1v) is 5.33. The van der Waals surface area contributed by atoms with E-state index < -0.39 is 5.97 Å². The quantitative estimate of drug-likeness (QED) is 0.777. The second-order valence-corrected chi connectivity index (χ2v) is 3.70. The highest BCUT2D eigenvalue weighted by molar-refractivity contribution is 7.11. The summed E-state index contributed by atoms with van der Waals surface area (Å²) in [6, 6.07) is 0. The van der Waals surface area contributed by atoms with E-state index in [-0.39, 0.29) is 10.7 Å². The molecule has 1 aromatic heterocycles. The predicted octanol–water partition coefficient (Wildman–Crippen LogP) is 1.45. The molecule has 15 heavy (non-hydrogen) atoms. The number of rotatable bonds is 2. The van der Waals surface area contributed by atoms with Gasteiger partial charge in [0, 0.05) is 18.6 Å². The maximum atomic E-state index is 10.2. The fraction of sp³-hybridized carbons (Fsp3) is 0.444. The third-order valence-corrected chi connectivity index (χ3v) is 2.44. The van der Waals surface area contributed by atoms with Gasteiger partial charge in [0.25, 0.3) is 0 Å². The van der Waals surface area contributed by atoms with E-state index in [0.717, 1.165) is 24.6 Å².